The van der Waals surface area contributed by atoms with E-state index in [9.17, 15) is 5.11 Å². The van der Waals surface area contributed by atoms with Gasteiger partial charge in [-0.05, 0) is 43.5 Å². The fourth-order valence-corrected chi connectivity index (χ4v) is 3.81. The van der Waals surface area contributed by atoms with Crippen molar-refractivity contribution in [2.24, 2.45) is 5.92 Å². The second-order valence-electron chi connectivity index (χ2n) is 6.92. The zero-order chi connectivity index (χ0) is 17.5. The Balaban J connectivity index is 1.92. The molecule has 0 radical (unpaired) electrons. The lowest BCUT2D eigenvalue weighted by molar-refractivity contribution is -0.183. The molecule has 24 heavy (non-hydrogen) atoms. The first-order chi connectivity index (χ1) is 11.4. The molecule has 0 saturated carbocycles. The second-order valence-corrected chi connectivity index (χ2v) is 6.92. The van der Waals surface area contributed by atoms with Gasteiger partial charge < -0.3 is 19.3 Å². The lowest BCUT2D eigenvalue weighted by Gasteiger charge is -2.48. The predicted molar refractivity (Wildman–Crippen MR) is 89.2 cm³/mol. The SMILES string of the molecule is COc1ccc(C2CC(C)(F)[C@@H]3CC=C(C)[C@@H](O)[C@@H]3O2)cc1OC. The number of alkyl halides is 1. The van der Waals surface area contributed by atoms with Gasteiger partial charge in [0.25, 0.3) is 0 Å². The van der Waals surface area contributed by atoms with Crippen molar-refractivity contribution >= 4 is 0 Å². The lowest BCUT2D eigenvalue weighted by Crippen LogP contribution is -2.53. The monoisotopic (exact) mass is 336 g/mol. The topological polar surface area (TPSA) is 47.9 Å². The third-order valence-electron chi connectivity index (χ3n) is 5.33. The van der Waals surface area contributed by atoms with Crippen molar-refractivity contribution in [2.75, 3.05) is 14.2 Å². The van der Waals surface area contributed by atoms with E-state index in [-0.39, 0.29) is 12.3 Å². The van der Waals surface area contributed by atoms with E-state index < -0.39 is 24.0 Å². The van der Waals surface area contributed by atoms with E-state index >= 15 is 4.39 Å². The van der Waals surface area contributed by atoms with Crippen LogP contribution in [0, 0.1) is 5.92 Å². The molecule has 3 rings (SSSR count). The summed E-state index contributed by atoms with van der Waals surface area (Å²) in [5.74, 6) is 0.878. The highest BCUT2D eigenvalue weighted by Crippen LogP contribution is 2.49. The number of halogens is 1. The average molecular weight is 336 g/mol. The molecule has 1 aromatic rings. The van der Waals surface area contributed by atoms with Crippen LogP contribution in [-0.4, -0.2) is 37.2 Å². The molecule has 1 fully saturated rings. The second kappa shape index (κ2) is 6.37. The molecule has 5 atom stereocenters. The van der Waals surface area contributed by atoms with Crippen LogP contribution in [0.5, 0.6) is 11.5 Å². The van der Waals surface area contributed by atoms with Crippen LogP contribution in [0.1, 0.15) is 38.4 Å². The van der Waals surface area contributed by atoms with E-state index in [0.29, 0.717) is 17.9 Å². The van der Waals surface area contributed by atoms with Crippen molar-refractivity contribution in [1.29, 1.82) is 0 Å². The molecule has 1 N–H and O–H groups in total. The van der Waals surface area contributed by atoms with Crippen molar-refractivity contribution in [1.82, 2.24) is 0 Å². The lowest BCUT2D eigenvalue weighted by atomic mass is 9.71. The molecule has 1 aromatic carbocycles. The Kier molecular flexibility index (Phi) is 4.58. The molecule has 2 aliphatic rings. The van der Waals surface area contributed by atoms with Gasteiger partial charge in [-0.1, -0.05) is 12.1 Å². The number of ether oxygens (including phenoxy) is 3. The first kappa shape index (κ1) is 17.2. The highest BCUT2D eigenvalue weighted by molar-refractivity contribution is 5.43. The predicted octanol–water partition coefficient (Wildman–Crippen LogP) is 3.59. The van der Waals surface area contributed by atoms with Gasteiger partial charge in [0.15, 0.2) is 11.5 Å². The van der Waals surface area contributed by atoms with Gasteiger partial charge in [0.05, 0.1) is 26.4 Å². The quantitative estimate of drug-likeness (QED) is 0.857. The molecule has 132 valence electrons. The first-order valence-electron chi connectivity index (χ1n) is 8.28. The molecule has 0 spiro atoms. The molecule has 4 nitrogen and oxygen atoms in total. The smallest absolute Gasteiger partial charge is 0.161 e. The third-order valence-corrected chi connectivity index (χ3v) is 5.33. The van der Waals surface area contributed by atoms with Gasteiger partial charge in [-0.15, -0.1) is 0 Å². The molecular formula is C19H25FO4. The molecule has 1 aliphatic heterocycles. The third kappa shape index (κ3) is 2.91. The Morgan fingerprint density at radius 1 is 1.25 bits per heavy atom. The van der Waals surface area contributed by atoms with Crippen LogP contribution >= 0.6 is 0 Å². The van der Waals surface area contributed by atoms with Gasteiger partial charge in [0.2, 0.25) is 0 Å². The molecule has 1 aliphatic carbocycles. The van der Waals surface area contributed by atoms with Gasteiger partial charge in [-0.2, -0.15) is 0 Å². The molecule has 1 heterocycles. The molecular weight excluding hydrogens is 311 g/mol. The van der Waals surface area contributed by atoms with Crippen molar-refractivity contribution in [3.63, 3.8) is 0 Å². The number of aliphatic hydroxyl groups is 1. The van der Waals surface area contributed by atoms with E-state index in [1.807, 2.05) is 25.1 Å². The fraction of sp³-hybridized carbons (Fsp3) is 0.579. The molecule has 5 heteroatoms. The van der Waals surface area contributed by atoms with Crippen LogP contribution in [0.3, 0.4) is 0 Å². The zero-order valence-electron chi connectivity index (χ0n) is 14.6. The summed E-state index contributed by atoms with van der Waals surface area (Å²) in [6, 6.07) is 5.47. The van der Waals surface area contributed by atoms with Gasteiger partial charge in [0, 0.05) is 12.3 Å². The number of hydrogen-bond acceptors (Lipinski definition) is 4. The Morgan fingerprint density at radius 2 is 1.96 bits per heavy atom. The summed E-state index contributed by atoms with van der Waals surface area (Å²) < 4.78 is 32.0. The van der Waals surface area contributed by atoms with E-state index in [2.05, 4.69) is 0 Å². The van der Waals surface area contributed by atoms with Crippen LogP contribution < -0.4 is 9.47 Å². The molecule has 0 aromatic heterocycles. The summed E-state index contributed by atoms with van der Waals surface area (Å²) in [4.78, 5) is 0. The standard InChI is InChI=1S/C19H25FO4/c1-11-5-7-13-18(17(11)21)24-16(10-19(13,2)20)12-6-8-14(22-3)15(9-12)23-4/h5-6,8-9,13,16-18,21H,7,10H2,1-4H3/t13-,16?,17-,18-,19?/m1/s1. The minimum Gasteiger partial charge on any atom is -0.493 e. The fourth-order valence-electron chi connectivity index (χ4n) is 3.81. The van der Waals surface area contributed by atoms with Gasteiger partial charge in [0.1, 0.15) is 11.8 Å². The van der Waals surface area contributed by atoms with Crippen LogP contribution in [0.25, 0.3) is 0 Å². The number of benzene rings is 1. The first-order valence-corrected chi connectivity index (χ1v) is 8.28. The number of rotatable bonds is 3. The summed E-state index contributed by atoms with van der Waals surface area (Å²) in [5, 5.41) is 10.4. The number of methoxy groups -OCH3 is 2. The molecule has 0 amide bonds. The molecule has 1 saturated heterocycles. The van der Waals surface area contributed by atoms with E-state index in [1.165, 1.54) is 0 Å². The van der Waals surface area contributed by atoms with Crippen LogP contribution in [0.4, 0.5) is 4.39 Å². The van der Waals surface area contributed by atoms with Gasteiger partial charge >= 0.3 is 0 Å². The summed E-state index contributed by atoms with van der Waals surface area (Å²) in [6.07, 6.45) is 1.05. The average Bonchev–Trinajstić information content (AvgIpc) is 2.57. The Bertz CT molecular complexity index is 640. The minimum absolute atomic E-state index is 0.253. The summed E-state index contributed by atoms with van der Waals surface area (Å²) in [5.41, 5.74) is 0.272. The maximum atomic E-state index is 15.3. The van der Waals surface area contributed by atoms with Crippen LogP contribution in [0.2, 0.25) is 0 Å². The Morgan fingerprint density at radius 3 is 2.62 bits per heavy atom. The van der Waals surface area contributed by atoms with E-state index in [0.717, 1.165) is 11.1 Å². The maximum absolute atomic E-state index is 15.3. The minimum atomic E-state index is -1.40. The Hall–Kier alpha value is -1.59. The normalized spacial score (nSPS) is 35.8. The highest BCUT2D eigenvalue weighted by Gasteiger charge is 2.51. The van der Waals surface area contributed by atoms with Gasteiger partial charge in [-0.25, -0.2) is 4.39 Å². The number of hydrogen-bond donors (Lipinski definition) is 1. The van der Waals surface area contributed by atoms with Crippen molar-refractivity contribution in [3.05, 3.63) is 35.4 Å². The largest absolute Gasteiger partial charge is 0.493 e. The maximum Gasteiger partial charge on any atom is 0.161 e. The van der Waals surface area contributed by atoms with Crippen molar-refractivity contribution in [3.8, 4) is 11.5 Å². The van der Waals surface area contributed by atoms with E-state index in [4.69, 9.17) is 14.2 Å². The zero-order valence-corrected chi connectivity index (χ0v) is 14.6. The van der Waals surface area contributed by atoms with Crippen LogP contribution in [0.15, 0.2) is 29.8 Å². The summed E-state index contributed by atoms with van der Waals surface area (Å²) in [7, 11) is 3.14. The number of fused-ring (bicyclic) bond motifs is 1. The van der Waals surface area contributed by atoms with Crippen LogP contribution in [-0.2, 0) is 4.74 Å². The Labute approximate surface area is 142 Å². The number of aliphatic hydroxyl groups excluding tert-OH is 1. The van der Waals surface area contributed by atoms with Crippen molar-refractivity contribution in [2.45, 2.75) is 50.7 Å². The molecule has 0 bridgehead atoms. The van der Waals surface area contributed by atoms with E-state index in [1.54, 1.807) is 27.2 Å². The van der Waals surface area contributed by atoms with Gasteiger partial charge in [-0.3, -0.25) is 0 Å². The summed E-state index contributed by atoms with van der Waals surface area (Å²) >= 11 is 0. The highest BCUT2D eigenvalue weighted by atomic mass is 19.1. The van der Waals surface area contributed by atoms with Crippen molar-refractivity contribution < 1.29 is 23.7 Å². The molecule has 2 unspecified atom stereocenters. The summed E-state index contributed by atoms with van der Waals surface area (Å²) in [6.45, 7) is 3.47. The number of allylic oxidation sites excluding steroid dienone is 1.